The number of ether oxygens (including phenoxy) is 2. The summed E-state index contributed by atoms with van der Waals surface area (Å²) < 4.78 is 13.1. The second-order valence-electron chi connectivity index (χ2n) is 5.82. The van der Waals surface area contributed by atoms with Gasteiger partial charge in [-0.2, -0.15) is 5.10 Å². The summed E-state index contributed by atoms with van der Waals surface area (Å²) in [6.07, 6.45) is 3.10. The third-order valence-electron chi connectivity index (χ3n) is 4.13. The van der Waals surface area contributed by atoms with Crippen molar-refractivity contribution in [3.05, 3.63) is 54.2 Å². The number of nitrogens with zero attached hydrogens (tertiary/aromatic N) is 2. The third kappa shape index (κ3) is 2.93. The molecule has 2 N–H and O–H groups in total. The maximum atomic E-state index is 5.91. The van der Waals surface area contributed by atoms with Gasteiger partial charge in [-0.1, -0.05) is 24.3 Å². The van der Waals surface area contributed by atoms with Gasteiger partial charge in [0.05, 0.1) is 24.8 Å². The number of benzene rings is 1. The van der Waals surface area contributed by atoms with Crippen LogP contribution < -0.4 is 5.73 Å². The molecule has 1 aliphatic rings. The van der Waals surface area contributed by atoms with E-state index in [1.54, 1.807) is 0 Å². The topological polar surface area (TPSA) is 61.8 Å². The predicted molar refractivity (Wildman–Crippen MR) is 89.1 cm³/mol. The Morgan fingerprint density at radius 2 is 2.22 bits per heavy atom. The summed E-state index contributed by atoms with van der Waals surface area (Å²) in [5.74, 6) is 0.526. The molecule has 1 saturated heterocycles. The Labute approximate surface area is 134 Å². The van der Waals surface area contributed by atoms with Crippen LogP contribution in [0.15, 0.2) is 48.7 Å². The van der Waals surface area contributed by atoms with Crippen molar-refractivity contribution >= 4 is 11.3 Å². The molecule has 4 rings (SSSR count). The first-order valence-electron chi connectivity index (χ1n) is 7.82. The van der Waals surface area contributed by atoms with Gasteiger partial charge in [0.15, 0.2) is 0 Å². The fraction of sp³-hybridized carbons (Fsp3) is 0.278. The zero-order chi connectivity index (χ0) is 15.6. The summed E-state index contributed by atoms with van der Waals surface area (Å²) in [4.78, 5) is 0. The molecule has 0 amide bonds. The van der Waals surface area contributed by atoms with Gasteiger partial charge in [-0.25, -0.2) is 4.52 Å². The average molecular weight is 309 g/mol. The van der Waals surface area contributed by atoms with Gasteiger partial charge in [-0.05, 0) is 29.7 Å². The molecule has 1 atom stereocenters. The van der Waals surface area contributed by atoms with E-state index in [1.807, 2.05) is 22.8 Å². The Morgan fingerprint density at radius 1 is 1.26 bits per heavy atom. The number of hydrogen-bond donors (Lipinski definition) is 1. The summed E-state index contributed by atoms with van der Waals surface area (Å²) in [6.45, 7) is 2.11. The number of rotatable bonds is 4. The Morgan fingerprint density at radius 3 is 3.09 bits per heavy atom. The van der Waals surface area contributed by atoms with Crippen molar-refractivity contribution in [2.24, 2.45) is 0 Å². The first-order chi connectivity index (χ1) is 11.3. The number of hydrogen-bond acceptors (Lipinski definition) is 4. The third-order valence-corrected chi connectivity index (χ3v) is 4.13. The van der Waals surface area contributed by atoms with Crippen LogP contribution in [0.4, 0.5) is 5.82 Å². The SMILES string of the molecule is Nc1cc2c(-c3cccc(COC4CCOC4)c3)cccn2n1. The van der Waals surface area contributed by atoms with E-state index in [2.05, 4.69) is 35.4 Å². The molecule has 1 aromatic carbocycles. The maximum absolute atomic E-state index is 5.91. The van der Waals surface area contributed by atoms with E-state index in [-0.39, 0.29) is 6.10 Å². The van der Waals surface area contributed by atoms with E-state index in [9.17, 15) is 0 Å². The molecule has 0 bridgehead atoms. The molecule has 23 heavy (non-hydrogen) atoms. The second-order valence-corrected chi connectivity index (χ2v) is 5.82. The minimum absolute atomic E-state index is 0.219. The van der Waals surface area contributed by atoms with Gasteiger partial charge in [-0.15, -0.1) is 0 Å². The van der Waals surface area contributed by atoms with Crippen LogP contribution in [0.3, 0.4) is 0 Å². The fourth-order valence-corrected chi connectivity index (χ4v) is 2.97. The molecular formula is C18H19N3O2. The molecule has 3 aromatic rings. The predicted octanol–water partition coefficient (Wildman–Crippen LogP) is 2.89. The van der Waals surface area contributed by atoms with E-state index in [0.717, 1.165) is 35.2 Å². The molecule has 118 valence electrons. The van der Waals surface area contributed by atoms with Crippen molar-refractivity contribution in [3.63, 3.8) is 0 Å². The van der Waals surface area contributed by atoms with Gasteiger partial charge in [0.2, 0.25) is 0 Å². The fourth-order valence-electron chi connectivity index (χ4n) is 2.97. The summed E-state index contributed by atoms with van der Waals surface area (Å²) in [7, 11) is 0. The van der Waals surface area contributed by atoms with E-state index in [4.69, 9.17) is 15.2 Å². The van der Waals surface area contributed by atoms with E-state index in [1.165, 1.54) is 0 Å². The van der Waals surface area contributed by atoms with Crippen molar-refractivity contribution in [1.82, 2.24) is 9.61 Å². The lowest BCUT2D eigenvalue weighted by Crippen LogP contribution is -2.11. The lowest BCUT2D eigenvalue weighted by molar-refractivity contribution is 0.0318. The van der Waals surface area contributed by atoms with Crippen molar-refractivity contribution in [2.75, 3.05) is 18.9 Å². The Hall–Kier alpha value is -2.37. The molecule has 1 aliphatic heterocycles. The smallest absolute Gasteiger partial charge is 0.146 e. The Kier molecular flexibility index (Phi) is 3.73. The lowest BCUT2D eigenvalue weighted by Gasteiger charge is -2.11. The molecule has 0 radical (unpaired) electrons. The molecule has 5 heteroatoms. The highest BCUT2D eigenvalue weighted by Crippen LogP contribution is 2.26. The number of nitrogen functional groups attached to an aromatic ring is 1. The van der Waals surface area contributed by atoms with Crippen LogP contribution in [0.5, 0.6) is 0 Å². The van der Waals surface area contributed by atoms with Crippen LogP contribution in [-0.2, 0) is 16.1 Å². The van der Waals surface area contributed by atoms with Gasteiger partial charge in [0.25, 0.3) is 0 Å². The summed E-state index contributed by atoms with van der Waals surface area (Å²) in [5.41, 5.74) is 10.2. The molecule has 1 unspecified atom stereocenters. The molecule has 0 spiro atoms. The van der Waals surface area contributed by atoms with Gasteiger partial charge in [0.1, 0.15) is 5.82 Å². The molecule has 0 aliphatic carbocycles. The van der Waals surface area contributed by atoms with Crippen LogP contribution in [0.1, 0.15) is 12.0 Å². The standard InChI is InChI=1S/C18H19N3O2/c19-18-10-17-16(5-2-7-21(17)20-18)14-4-1-3-13(9-14)11-23-15-6-8-22-12-15/h1-5,7,9-10,15H,6,8,11-12H2,(H2,19,20). The molecule has 0 saturated carbocycles. The van der Waals surface area contributed by atoms with Crippen molar-refractivity contribution in [1.29, 1.82) is 0 Å². The molecule has 1 fully saturated rings. The van der Waals surface area contributed by atoms with Crippen molar-refractivity contribution in [2.45, 2.75) is 19.1 Å². The first-order valence-corrected chi connectivity index (χ1v) is 7.82. The zero-order valence-electron chi connectivity index (χ0n) is 12.8. The number of aromatic nitrogens is 2. The summed E-state index contributed by atoms with van der Waals surface area (Å²) >= 11 is 0. The lowest BCUT2D eigenvalue weighted by atomic mass is 10.0. The molecule has 3 heterocycles. The quantitative estimate of drug-likeness (QED) is 0.805. The van der Waals surface area contributed by atoms with Crippen LogP contribution >= 0.6 is 0 Å². The van der Waals surface area contributed by atoms with Crippen LogP contribution in [0.25, 0.3) is 16.6 Å². The van der Waals surface area contributed by atoms with Crippen molar-refractivity contribution < 1.29 is 9.47 Å². The largest absolute Gasteiger partial charge is 0.382 e. The van der Waals surface area contributed by atoms with Gasteiger partial charge >= 0.3 is 0 Å². The zero-order valence-corrected chi connectivity index (χ0v) is 12.8. The minimum atomic E-state index is 0.219. The Bertz CT molecular complexity index is 822. The monoisotopic (exact) mass is 309 g/mol. The van der Waals surface area contributed by atoms with E-state index >= 15 is 0 Å². The molecule has 5 nitrogen and oxygen atoms in total. The number of pyridine rings is 1. The highest BCUT2D eigenvalue weighted by Gasteiger charge is 2.16. The van der Waals surface area contributed by atoms with Crippen LogP contribution in [-0.4, -0.2) is 28.9 Å². The summed E-state index contributed by atoms with van der Waals surface area (Å²) in [6, 6.07) is 14.4. The van der Waals surface area contributed by atoms with Gasteiger partial charge in [0, 0.05) is 24.4 Å². The Balaban J connectivity index is 1.61. The van der Waals surface area contributed by atoms with Crippen LogP contribution in [0, 0.1) is 0 Å². The number of fused-ring (bicyclic) bond motifs is 1. The number of anilines is 1. The maximum Gasteiger partial charge on any atom is 0.146 e. The molecular weight excluding hydrogens is 290 g/mol. The van der Waals surface area contributed by atoms with Crippen LogP contribution in [0.2, 0.25) is 0 Å². The van der Waals surface area contributed by atoms with E-state index in [0.29, 0.717) is 19.0 Å². The number of nitrogens with two attached hydrogens (primary N) is 1. The highest BCUT2D eigenvalue weighted by molar-refractivity contribution is 5.81. The normalized spacial score (nSPS) is 17.8. The van der Waals surface area contributed by atoms with Gasteiger partial charge in [-0.3, -0.25) is 0 Å². The average Bonchev–Trinajstić information content (AvgIpc) is 3.21. The minimum Gasteiger partial charge on any atom is -0.382 e. The highest BCUT2D eigenvalue weighted by atomic mass is 16.5. The van der Waals surface area contributed by atoms with Gasteiger partial charge < -0.3 is 15.2 Å². The second kappa shape index (κ2) is 6.02. The summed E-state index contributed by atoms with van der Waals surface area (Å²) in [5, 5.41) is 4.27. The first kappa shape index (κ1) is 14.2. The van der Waals surface area contributed by atoms with E-state index < -0.39 is 0 Å². The van der Waals surface area contributed by atoms with Crippen molar-refractivity contribution in [3.8, 4) is 11.1 Å². The molecule has 2 aromatic heterocycles.